The van der Waals surface area contributed by atoms with Crippen molar-refractivity contribution >= 4 is 14.7 Å². The lowest BCUT2D eigenvalue weighted by Crippen LogP contribution is -1.13. The molecule has 0 radical (unpaired) electrons. The molecule has 0 aliphatic heterocycles. The average molecular weight is 126 g/mol. The zero-order valence-electron chi connectivity index (χ0n) is 2.53. The van der Waals surface area contributed by atoms with Crippen LogP contribution in [0.25, 0.3) is 0 Å². The monoisotopic (exact) mass is 126 g/mol. The van der Waals surface area contributed by atoms with Gasteiger partial charge in [0.05, 0.1) is 0 Å². The van der Waals surface area contributed by atoms with E-state index >= 15 is 0 Å². The van der Waals surface area contributed by atoms with E-state index < -0.39 is 14.7 Å². The molecule has 0 fully saturated rings. The number of hydrogen-bond acceptors (Lipinski definition) is 4. The van der Waals surface area contributed by atoms with Gasteiger partial charge in [-0.3, -0.25) is 0 Å². The van der Waals surface area contributed by atoms with Gasteiger partial charge in [0.2, 0.25) is 0 Å². The summed E-state index contributed by atoms with van der Waals surface area (Å²) >= 11 is 0. The second-order valence-electron chi connectivity index (χ2n) is 0.476. The fourth-order valence-corrected chi connectivity index (χ4v) is 0. The summed E-state index contributed by atoms with van der Waals surface area (Å²) in [6.07, 6.45) is 0. The lowest BCUT2D eigenvalue weighted by atomic mass is 15.9. The molecule has 0 spiro atoms. The SMILES string of the molecule is O=P(=O)P(=O)=O. The Labute approximate surface area is 34.1 Å². The van der Waals surface area contributed by atoms with Crippen LogP contribution in [-0.4, -0.2) is 0 Å². The Bertz CT molecular complexity index is 122. The van der Waals surface area contributed by atoms with Gasteiger partial charge >= 0.3 is 14.7 Å². The molecule has 0 saturated heterocycles. The molecule has 4 nitrogen and oxygen atoms in total. The van der Waals surface area contributed by atoms with Gasteiger partial charge in [-0.05, 0) is 0 Å². The summed E-state index contributed by atoms with van der Waals surface area (Å²) in [5.74, 6) is 0. The molecule has 0 aromatic rings. The van der Waals surface area contributed by atoms with Crippen LogP contribution in [0.15, 0.2) is 0 Å². The van der Waals surface area contributed by atoms with E-state index in [1.165, 1.54) is 0 Å². The van der Waals surface area contributed by atoms with Gasteiger partial charge in [0, 0.05) is 0 Å². The Morgan fingerprint density at radius 2 is 0.833 bits per heavy atom. The third-order valence-electron chi connectivity index (χ3n) is 0.133. The fourth-order valence-electron chi connectivity index (χ4n) is 0. The summed E-state index contributed by atoms with van der Waals surface area (Å²) in [7, 11) is -6.41. The maximum absolute atomic E-state index is 9.14. The molecule has 0 heterocycles. The van der Waals surface area contributed by atoms with E-state index in [0.29, 0.717) is 0 Å². The molecule has 0 bridgehead atoms. The third kappa shape index (κ3) is 2.06. The first-order valence-corrected chi connectivity index (χ1v) is 3.99. The topological polar surface area (TPSA) is 68.3 Å². The van der Waals surface area contributed by atoms with Crippen molar-refractivity contribution in [1.29, 1.82) is 0 Å². The second-order valence-corrected chi connectivity index (χ2v) is 3.39. The maximum Gasteiger partial charge on any atom is 0.442 e. The molecule has 0 rings (SSSR count). The van der Waals surface area contributed by atoms with Gasteiger partial charge in [-0.15, -0.1) is 0 Å². The summed E-state index contributed by atoms with van der Waals surface area (Å²) < 4.78 is 36.6. The summed E-state index contributed by atoms with van der Waals surface area (Å²) in [6.45, 7) is 0. The van der Waals surface area contributed by atoms with Gasteiger partial charge in [0.25, 0.3) is 0 Å². The normalized spacial score (nSPS) is 7.33. The van der Waals surface area contributed by atoms with Crippen LogP contribution in [0, 0.1) is 0 Å². The zero-order chi connectivity index (χ0) is 5.15. The van der Waals surface area contributed by atoms with Gasteiger partial charge in [-0.25, -0.2) is 18.3 Å². The molecule has 0 unspecified atom stereocenters. The Balaban J connectivity index is 4.38. The molecule has 0 aliphatic rings. The highest BCUT2D eigenvalue weighted by Gasteiger charge is 1.91. The first-order chi connectivity index (χ1) is 2.64. The molecule has 34 valence electrons. The van der Waals surface area contributed by atoms with E-state index in [-0.39, 0.29) is 0 Å². The van der Waals surface area contributed by atoms with Crippen molar-refractivity contribution in [2.45, 2.75) is 0 Å². The molecule has 0 N–H and O–H groups in total. The molecule has 6 heteroatoms. The summed E-state index contributed by atoms with van der Waals surface area (Å²) in [5.41, 5.74) is 0. The largest absolute Gasteiger partial charge is 0.442 e. The standard InChI is InChI=1S/O4P2/c1-5(2)6(3)4. The molecule has 0 aliphatic carbocycles. The smallest absolute Gasteiger partial charge is 0.221 e. The van der Waals surface area contributed by atoms with Gasteiger partial charge in [-0.2, -0.15) is 0 Å². The molecule has 0 aromatic carbocycles. The van der Waals surface area contributed by atoms with Crippen molar-refractivity contribution < 1.29 is 18.3 Å². The molecule has 0 saturated carbocycles. The van der Waals surface area contributed by atoms with Crippen molar-refractivity contribution in [3.05, 3.63) is 0 Å². The van der Waals surface area contributed by atoms with Crippen molar-refractivity contribution in [1.82, 2.24) is 0 Å². The number of hydrogen-bond donors (Lipinski definition) is 0. The predicted molar refractivity (Wildman–Crippen MR) is 16.6 cm³/mol. The highest BCUT2D eigenvalue weighted by Crippen LogP contribution is 2.28. The molecule has 0 atom stereocenters. The van der Waals surface area contributed by atoms with Crippen LogP contribution < -0.4 is 0 Å². The van der Waals surface area contributed by atoms with Crippen LogP contribution >= 0.6 is 14.7 Å². The minimum atomic E-state index is -3.21. The summed E-state index contributed by atoms with van der Waals surface area (Å²) in [5, 5.41) is 0. The Hall–Kier alpha value is -0.200. The fraction of sp³-hybridized carbons (Fsp3) is 0. The lowest BCUT2D eigenvalue weighted by Gasteiger charge is -1.40. The molecular formula is O4P2. The van der Waals surface area contributed by atoms with E-state index in [0.717, 1.165) is 0 Å². The molecule has 6 heavy (non-hydrogen) atoms. The van der Waals surface area contributed by atoms with E-state index in [4.69, 9.17) is 18.3 Å². The zero-order valence-corrected chi connectivity index (χ0v) is 4.32. The first kappa shape index (κ1) is 5.80. The Morgan fingerprint density at radius 1 is 0.667 bits per heavy atom. The van der Waals surface area contributed by atoms with E-state index in [1.807, 2.05) is 0 Å². The van der Waals surface area contributed by atoms with Crippen LogP contribution in [0.3, 0.4) is 0 Å². The Morgan fingerprint density at radius 3 is 0.833 bits per heavy atom. The molecular weight excluding hydrogens is 126 g/mol. The highest BCUT2D eigenvalue weighted by atomic mass is 32.0. The average Bonchev–Trinajstić information content (AvgIpc) is 1.36. The summed E-state index contributed by atoms with van der Waals surface area (Å²) in [6, 6.07) is 0. The van der Waals surface area contributed by atoms with E-state index in [2.05, 4.69) is 0 Å². The van der Waals surface area contributed by atoms with Gasteiger partial charge in [0.15, 0.2) is 0 Å². The van der Waals surface area contributed by atoms with Gasteiger partial charge in [-0.1, -0.05) is 0 Å². The summed E-state index contributed by atoms with van der Waals surface area (Å²) in [4.78, 5) is 0. The first-order valence-electron chi connectivity index (χ1n) is 0.930. The van der Waals surface area contributed by atoms with Crippen LogP contribution in [0.4, 0.5) is 0 Å². The Kier molecular flexibility index (Phi) is 1.99. The molecule has 0 amide bonds. The van der Waals surface area contributed by atoms with Gasteiger partial charge in [0.1, 0.15) is 0 Å². The highest BCUT2D eigenvalue weighted by molar-refractivity contribution is 8.06. The van der Waals surface area contributed by atoms with Crippen LogP contribution in [0.2, 0.25) is 0 Å². The van der Waals surface area contributed by atoms with Crippen molar-refractivity contribution in [2.24, 2.45) is 0 Å². The minimum absolute atomic E-state index is 3.21. The minimum Gasteiger partial charge on any atom is -0.221 e. The van der Waals surface area contributed by atoms with Crippen LogP contribution in [0.1, 0.15) is 0 Å². The van der Waals surface area contributed by atoms with E-state index in [1.54, 1.807) is 0 Å². The van der Waals surface area contributed by atoms with Crippen molar-refractivity contribution in [3.63, 3.8) is 0 Å². The second kappa shape index (κ2) is 2.06. The number of rotatable bonds is 1. The van der Waals surface area contributed by atoms with Crippen molar-refractivity contribution in [3.8, 4) is 0 Å². The third-order valence-corrected chi connectivity index (χ3v) is 1.20. The van der Waals surface area contributed by atoms with Crippen LogP contribution in [-0.2, 0) is 18.3 Å². The lowest BCUT2D eigenvalue weighted by molar-refractivity contribution is 0.501. The predicted octanol–water partition coefficient (Wildman–Crippen LogP) is 1.25. The van der Waals surface area contributed by atoms with E-state index in [9.17, 15) is 0 Å². The van der Waals surface area contributed by atoms with Crippen LogP contribution in [0.5, 0.6) is 0 Å². The molecule has 0 aromatic heterocycles. The van der Waals surface area contributed by atoms with Gasteiger partial charge < -0.3 is 0 Å². The quantitative estimate of drug-likeness (QED) is 0.495. The maximum atomic E-state index is 9.14. The van der Waals surface area contributed by atoms with Crippen molar-refractivity contribution in [2.75, 3.05) is 0 Å².